The van der Waals surface area contributed by atoms with E-state index in [9.17, 15) is 17.6 Å². The van der Waals surface area contributed by atoms with Crippen LogP contribution in [-0.2, 0) is 10.8 Å². The Balaban J connectivity index is 1.36. The van der Waals surface area contributed by atoms with E-state index in [1.165, 1.54) is 25.7 Å². The van der Waals surface area contributed by atoms with Crippen LogP contribution < -0.4 is 0 Å². The zero-order valence-electron chi connectivity index (χ0n) is 20.0. The van der Waals surface area contributed by atoms with Crippen molar-refractivity contribution in [3.05, 3.63) is 71.3 Å². The Morgan fingerprint density at radius 2 is 1.26 bits per heavy atom. The number of hydrogen-bond donors (Lipinski definition) is 0. The molecule has 2 aliphatic rings. The number of aryl methyl sites for hydroxylation is 1. The van der Waals surface area contributed by atoms with Crippen molar-refractivity contribution < 1.29 is 22.3 Å². The van der Waals surface area contributed by atoms with Crippen LogP contribution >= 0.6 is 0 Å². The predicted octanol–water partition coefficient (Wildman–Crippen LogP) is 8.95. The molecule has 1 nitrogen and oxygen atoms in total. The summed E-state index contributed by atoms with van der Waals surface area (Å²) in [7, 11) is 0. The van der Waals surface area contributed by atoms with Crippen LogP contribution in [0, 0.1) is 36.3 Å². The van der Waals surface area contributed by atoms with Crippen LogP contribution in [0.5, 0.6) is 0 Å². The summed E-state index contributed by atoms with van der Waals surface area (Å²) in [6.45, 7) is 4.19. The van der Waals surface area contributed by atoms with Crippen molar-refractivity contribution in [2.75, 3.05) is 0 Å². The van der Waals surface area contributed by atoms with Crippen molar-refractivity contribution >= 4 is 0 Å². The molecule has 0 atom stereocenters. The van der Waals surface area contributed by atoms with E-state index in [2.05, 4.69) is 19.1 Å². The average molecular weight is 475 g/mol. The van der Waals surface area contributed by atoms with Gasteiger partial charge < -0.3 is 4.74 Å². The largest absolute Gasteiger partial charge is 0.389 e. The first kappa shape index (κ1) is 25.0. The highest BCUT2D eigenvalue weighted by Gasteiger charge is 2.42. The van der Waals surface area contributed by atoms with Gasteiger partial charge in [0.25, 0.3) is 0 Å². The van der Waals surface area contributed by atoms with Gasteiger partial charge in [0.15, 0.2) is 0 Å². The summed E-state index contributed by atoms with van der Waals surface area (Å²) in [4.78, 5) is 0. The van der Waals surface area contributed by atoms with Crippen molar-refractivity contribution in [2.45, 2.75) is 77.4 Å². The van der Waals surface area contributed by atoms with Gasteiger partial charge in [-0.15, -0.1) is 0 Å². The van der Waals surface area contributed by atoms with Gasteiger partial charge in [0.2, 0.25) is 0 Å². The summed E-state index contributed by atoms with van der Waals surface area (Å²) in [6.07, 6.45) is 7.21. The number of benzene rings is 2. The summed E-state index contributed by atoms with van der Waals surface area (Å²) in [5.41, 5.74) is 0.467. The van der Waals surface area contributed by atoms with Crippen LogP contribution in [0.4, 0.5) is 17.6 Å². The molecule has 0 N–H and O–H groups in total. The van der Waals surface area contributed by atoms with Crippen molar-refractivity contribution in [2.24, 2.45) is 17.8 Å². The SMILES string of the molecule is Cc1ccc(-c2cc(F)c(C(F)(F)OC3CCC(/C=C/C4CCC(C)CC4)CC3)c(F)c2)cc1. The summed E-state index contributed by atoms with van der Waals surface area (Å²) < 4.78 is 64.1. The number of alkyl halides is 2. The van der Waals surface area contributed by atoms with Crippen LogP contribution in [0.1, 0.15) is 69.4 Å². The van der Waals surface area contributed by atoms with Gasteiger partial charge in [-0.05, 0) is 86.5 Å². The molecule has 0 bridgehead atoms. The second-order valence-corrected chi connectivity index (χ2v) is 10.3. The molecule has 0 saturated heterocycles. The average Bonchev–Trinajstić information content (AvgIpc) is 2.79. The van der Waals surface area contributed by atoms with Crippen LogP contribution in [0.3, 0.4) is 0 Å². The van der Waals surface area contributed by atoms with Gasteiger partial charge in [-0.2, -0.15) is 8.78 Å². The second kappa shape index (κ2) is 10.6. The fourth-order valence-corrected chi connectivity index (χ4v) is 5.22. The van der Waals surface area contributed by atoms with Crippen molar-refractivity contribution in [1.82, 2.24) is 0 Å². The van der Waals surface area contributed by atoms with Gasteiger partial charge in [-0.3, -0.25) is 0 Å². The van der Waals surface area contributed by atoms with Crippen LogP contribution in [0.2, 0.25) is 0 Å². The lowest BCUT2D eigenvalue weighted by atomic mass is 9.81. The maximum Gasteiger partial charge on any atom is 0.389 e. The molecule has 2 aromatic rings. The first-order valence-corrected chi connectivity index (χ1v) is 12.5. The second-order valence-electron chi connectivity index (χ2n) is 10.3. The predicted molar refractivity (Wildman–Crippen MR) is 128 cm³/mol. The molecule has 2 aliphatic carbocycles. The molecule has 0 spiro atoms. The highest BCUT2D eigenvalue weighted by Crippen LogP contribution is 2.40. The smallest absolute Gasteiger partial charge is 0.313 e. The van der Waals surface area contributed by atoms with E-state index in [4.69, 9.17) is 4.74 Å². The Morgan fingerprint density at radius 1 is 0.765 bits per heavy atom. The first-order chi connectivity index (χ1) is 16.2. The Labute approximate surface area is 200 Å². The van der Waals surface area contributed by atoms with Gasteiger partial charge in [0, 0.05) is 0 Å². The fraction of sp³-hybridized carbons (Fsp3) is 0.517. The zero-order chi connectivity index (χ0) is 24.3. The van der Waals surface area contributed by atoms with Crippen LogP contribution in [0.15, 0.2) is 48.6 Å². The lowest BCUT2D eigenvalue weighted by Gasteiger charge is -2.31. The van der Waals surface area contributed by atoms with Gasteiger partial charge in [-0.1, -0.05) is 61.7 Å². The molecule has 0 amide bonds. The summed E-state index contributed by atoms with van der Waals surface area (Å²) in [6, 6.07) is 8.93. The maximum absolute atomic E-state index is 14.9. The number of halogens is 4. The molecule has 2 fully saturated rings. The Morgan fingerprint density at radius 3 is 1.79 bits per heavy atom. The van der Waals surface area contributed by atoms with E-state index in [1.54, 1.807) is 24.3 Å². The van der Waals surface area contributed by atoms with E-state index < -0.39 is 29.4 Å². The van der Waals surface area contributed by atoms with Crippen LogP contribution in [0.25, 0.3) is 11.1 Å². The molecule has 4 rings (SSSR count). The first-order valence-electron chi connectivity index (χ1n) is 12.5. The summed E-state index contributed by atoms with van der Waals surface area (Å²) in [5.74, 6) is -0.788. The normalized spacial score (nSPS) is 26.2. The molecule has 2 aromatic carbocycles. The number of ether oxygens (including phenoxy) is 1. The van der Waals surface area contributed by atoms with Crippen molar-refractivity contribution in [1.29, 1.82) is 0 Å². The molecule has 184 valence electrons. The highest BCUT2D eigenvalue weighted by atomic mass is 19.3. The molecule has 0 radical (unpaired) electrons. The number of rotatable bonds is 6. The van der Waals surface area contributed by atoms with Crippen LogP contribution in [-0.4, -0.2) is 6.10 Å². The molecule has 0 heterocycles. The van der Waals surface area contributed by atoms with E-state index in [0.29, 0.717) is 30.2 Å². The molecule has 0 aliphatic heterocycles. The molecule has 5 heteroatoms. The molecule has 2 saturated carbocycles. The molecule has 0 aromatic heterocycles. The van der Waals surface area contributed by atoms with Gasteiger partial charge in [-0.25, -0.2) is 8.78 Å². The fourth-order valence-electron chi connectivity index (χ4n) is 5.22. The van der Waals surface area contributed by atoms with E-state index >= 15 is 0 Å². The third kappa shape index (κ3) is 6.10. The number of allylic oxidation sites excluding steroid dienone is 2. The Hall–Kier alpha value is -2.14. The number of hydrogen-bond acceptors (Lipinski definition) is 1. The van der Waals surface area contributed by atoms with Gasteiger partial charge in [0.05, 0.1) is 6.10 Å². The topological polar surface area (TPSA) is 9.23 Å². The van der Waals surface area contributed by atoms with Crippen molar-refractivity contribution in [3.63, 3.8) is 0 Å². The molecular weight excluding hydrogens is 440 g/mol. The van der Waals surface area contributed by atoms with E-state index in [0.717, 1.165) is 36.5 Å². The minimum Gasteiger partial charge on any atom is -0.313 e. The maximum atomic E-state index is 14.9. The quantitative estimate of drug-likeness (QED) is 0.300. The minimum atomic E-state index is -4.02. The molecule has 0 unspecified atom stereocenters. The monoisotopic (exact) mass is 474 g/mol. The Bertz CT molecular complexity index is 959. The lowest BCUT2D eigenvalue weighted by molar-refractivity contribution is -0.280. The molecule has 34 heavy (non-hydrogen) atoms. The van der Waals surface area contributed by atoms with Gasteiger partial charge >= 0.3 is 6.11 Å². The van der Waals surface area contributed by atoms with E-state index in [-0.39, 0.29) is 5.56 Å². The Kier molecular flexibility index (Phi) is 7.81. The zero-order valence-corrected chi connectivity index (χ0v) is 20.0. The summed E-state index contributed by atoms with van der Waals surface area (Å²) >= 11 is 0. The highest BCUT2D eigenvalue weighted by molar-refractivity contribution is 5.64. The third-order valence-electron chi connectivity index (χ3n) is 7.47. The minimum absolute atomic E-state index is 0.217. The van der Waals surface area contributed by atoms with E-state index in [1.807, 2.05) is 6.92 Å². The summed E-state index contributed by atoms with van der Waals surface area (Å²) in [5, 5.41) is 0. The third-order valence-corrected chi connectivity index (χ3v) is 7.47. The van der Waals surface area contributed by atoms with Crippen molar-refractivity contribution in [3.8, 4) is 11.1 Å². The molecular formula is C29H34F4O. The lowest BCUT2D eigenvalue weighted by Crippen LogP contribution is -2.31. The standard InChI is InChI=1S/C29H34F4O/c1-19-3-7-21(8-4-19)9-10-22-11-15-25(16-12-22)34-29(32,33)28-26(30)17-24(18-27(28)31)23-13-5-20(2)6-14-23/h5-6,9-10,13-14,17-19,21-22,25H,3-4,7-8,11-12,15-16H2,1-2H3/b10-9+. The van der Waals surface area contributed by atoms with Gasteiger partial charge in [0.1, 0.15) is 17.2 Å².